The van der Waals surface area contributed by atoms with Crippen LogP contribution in [0.2, 0.25) is 0 Å². The van der Waals surface area contributed by atoms with Crippen LogP contribution in [0.4, 0.5) is 0 Å². The lowest BCUT2D eigenvalue weighted by Gasteiger charge is -2.59. The molecule has 0 aromatic heterocycles. The molecule has 0 spiro atoms. The van der Waals surface area contributed by atoms with Gasteiger partial charge in [-0.2, -0.15) is 0 Å². The van der Waals surface area contributed by atoms with Gasteiger partial charge in [0, 0.05) is 43.6 Å². The van der Waals surface area contributed by atoms with E-state index in [1.807, 2.05) is 7.05 Å². The number of rotatable bonds is 5. The topological polar surface area (TPSA) is 74.8 Å². The third-order valence-electron chi connectivity index (χ3n) is 7.12. The van der Waals surface area contributed by atoms with Crippen molar-refractivity contribution in [3.8, 4) is 0 Å². The minimum atomic E-state index is -0.0969. The van der Waals surface area contributed by atoms with Crippen molar-refractivity contribution in [1.82, 2.24) is 16.0 Å². The van der Waals surface area contributed by atoms with E-state index in [2.05, 4.69) is 41.7 Å². The summed E-state index contributed by atoms with van der Waals surface area (Å²) in [4.78, 5) is 16.8. The molecule has 3 saturated carbocycles. The molecule has 3 rings (SSSR count). The summed E-state index contributed by atoms with van der Waals surface area (Å²) in [6.45, 7) is 6.65. The van der Waals surface area contributed by atoms with E-state index in [0.717, 1.165) is 50.9 Å². The fraction of sp³-hybridized carbons (Fsp3) is 0.900. The second kappa shape index (κ2) is 7.37. The van der Waals surface area contributed by atoms with Crippen molar-refractivity contribution < 1.29 is 9.53 Å². The van der Waals surface area contributed by atoms with Crippen molar-refractivity contribution in [2.75, 3.05) is 14.2 Å². The standard InChI is InChI=1S/C20H36N4O2/c1-19(2)16(12-20(19,3)26-5)24-18(21-4)23-15-8-6-7-13(11-15)17(25)22-14-9-10-14/h13-16H,6-12H2,1-5H3,(H,22,25)(H2,21,23,24). The summed E-state index contributed by atoms with van der Waals surface area (Å²) in [7, 11) is 3.61. The number of hydrogen-bond donors (Lipinski definition) is 3. The number of amides is 1. The molecule has 148 valence electrons. The van der Waals surface area contributed by atoms with Crippen LogP contribution in [0, 0.1) is 11.3 Å². The monoisotopic (exact) mass is 364 g/mol. The minimum Gasteiger partial charge on any atom is -0.378 e. The second-order valence-corrected chi connectivity index (χ2v) is 9.12. The van der Waals surface area contributed by atoms with Gasteiger partial charge in [-0.1, -0.05) is 20.3 Å². The van der Waals surface area contributed by atoms with Crippen molar-refractivity contribution >= 4 is 11.9 Å². The molecule has 0 aromatic rings. The Bertz CT molecular complexity index is 558. The number of ether oxygens (including phenoxy) is 1. The molecule has 0 aliphatic heterocycles. The first-order valence-corrected chi connectivity index (χ1v) is 10.1. The highest BCUT2D eigenvalue weighted by molar-refractivity contribution is 5.81. The highest BCUT2D eigenvalue weighted by Gasteiger charge is 2.58. The molecule has 3 aliphatic rings. The zero-order valence-corrected chi connectivity index (χ0v) is 17.0. The van der Waals surface area contributed by atoms with Gasteiger partial charge in [-0.15, -0.1) is 0 Å². The normalized spacial score (nSPS) is 36.8. The van der Waals surface area contributed by atoms with Crippen molar-refractivity contribution in [3.05, 3.63) is 0 Å². The average molecular weight is 365 g/mol. The molecular weight excluding hydrogens is 328 g/mol. The number of hydrogen-bond acceptors (Lipinski definition) is 3. The predicted octanol–water partition coefficient (Wildman–Crippen LogP) is 2.19. The summed E-state index contributed by atoms with van der Waals surface area (Å²) in [5, 5.41) is 10.3. The molecule has 1 amide bonds. The first kappa shape index (κ1) is 19.5. The van der Waals surface area contributed by atoms with Crippen molar-refractivity contribution in [3.63, 3.8) is 0 Å². The van der Waals surface area contributed by atoms with Gasteiger partial charge in [0.1, 0.15) is 0 Å². The molecule has 4 unspecified atom stereocenters. The maximum absolute atomic E-state index is 12.4. The Morgan fingerprint density at radius 2 is 1.77 bits per heavy atom. The Hall–Kier alpha value is -1.30. The lowest BCUT2D eigenvalue weighted by atomic mass is 9.56. The third kappa shape index (κ3) is 3.85. The number of carbonyl (C=O) groups is 1. The molecule has 6 heteroatoms. The first-order chi connectivity index (χ1) is 12.3. The Kier molecular flexibility index (Phi) is 5.52. The number of carbonyl (C=O) groups excluding carboxylic acids is 1. The van der Waals surface area contributed by atoms with Crippen LogP contribution in [0.1, 0.15) is 65.7 Å². The highest BCUT2D eigenvalue weighted by atomic mass is 16.5. The number of methoxy groups -OCH3 is 1. The molecule has 0 bridgehead atoms. The Morgan fingerprint density at radius 3 is 2.35 bits per heavy atom. The summed E-state index contributed by atoms with van der Waals surface area (Å²) >= 11 is 0. The first-order valence-electron chi connectivity index (χ1n) is 10.1. The Morgan fingerprint density at radius 1 is 1.04 bits per heavy atom. The maximum Gasteiger partial charge on any atom is 0.223 e. The lowest BCUT2D eigenvalue weighted by molar-refractivity contribution is -0.176. The SMILES string of the molecule is CN=C(NC1CCCC(C(=O)NC2CC2)C1)NC1CC(C)(OC)C1(C)C. The summed E-state index contributed by atoms with van der Waals surface area (Å²) in [5.74, 6) is 1.23. The van der Waals surface area contributed by atoms with E-state index in [4.69, 9.17) is 4.74 Å². The van der Waals surface area contributed by atoms with E-state index >= 15 is 0 Å². The molecule has 3 fully saturated rings. The largest absolute Gasteiger partial charge is 0.378 e. The molecule has 3 aliphatic carbocycles. The predicted molar refractivity (Wildman–Crippen MR) is 104 cm³/mol. The van der Waals surface area contributed by atoms with E-state index < -0.39 is 0 Å². The molecule has 0 radical (unpaired) electrons. The minimum absolute atomic E-state index is 0.0403. The molecule has 0 heterocycles. The van der Waals surface area contributed by atoms with Crippen LogP contribution in [0.3, 0.4) is 0 Å². The van der Waals surface area contributed by atoms with Crippen LogP contribution in [-0.4, -0.2) is 49.8 Å². The van der Waals surface area contributed by atoms with Crippen LogP contribution in [0.15, 0.2) is 4.99 Å². The lowest BCUT2D eigenvalue weighted by Crippen LogP contribution is -2.69. The van der Waals surface area contributed by atoms with Gasteiger partial charge in [-0.05, 0) is 45.4 Å². The van der Waals surface area contributed by atoms with Crippen LogP contribution >= 0.6 is 0 Å². The number of nitrogens with one attached hydrogen (secondary N) is 3. The van der Waals surface area contributed by atoms with Gasteiger partial charge in [0.15, 0.2) is 5.96 Å². The number of aliphatic imine (C=N–C) groups is 1. The average Bonchev–Trinajstić information content (AvgIpc) is 3.44. The Labute approximate surface area is 157 Å². The molecular formula is C20H36N4O2. The van der Waals surface area contributed by atoms with Crippen LogP contribution in [0.5, 0.6) is 0 Å². The smallest absolute Gasteiger partial charge is 0.223 e. The maximum atomic E-state index is 12.4. The zero-order chi connectivity index (χ0) is 18.9. The molecule has 4 atom stereocenters. The van der Waals surface area contributed by atoms with E-state index in [1.54, 1.807) is 7.11 Å². The fourth-order valence-corrected chi connectivity index (χ4v) is 4.36. The fourth-order valence-electron chi connectivity index (χ4n) is 4.36. The van der Waals surface area contributed by atoms with Gasteiger partial charge in [-0.25, -0.2) is 0 Å². The molecule has 6 nitrogen and oxygen atoms in total. The summed E-state index contributed by atoms with van der Waals surface area (Å²) in [6.07, 6.45) is 7.34. The Balaban J connectivity index is 1.51. The van der Waals surface area contributed by atoms with Crippen molar-refractivity contribution in [1.29, 1.82) is 0 Å². The van der Waals surface area contributed by atoms with Gasteiger partial charge in [-0.3, -0.25) is 9.79 Å². The summed E-state index contributed by atoms with van der Waals surface area (Å²) < 4.78 is 5.72. The molecule has 0 saturated heterocycles. The molecule has 0 aromatic carbocycles. The summed E-state index contributed by atoms with van der Waals surface area (Å²) in [5.41, 5.74) is -0.0566. The zero-order valence-electron chi connectivity index (χ0n) is 17.0. The van der Waals surface area contributed by atoms with E-state index in [-0.39, 0.29) is 22.8 Å². The van der Waals surface area contributed by atoms with Gasteiger partial charge < -0.3 is 20.7 Å². The highest BCUT2D eigenvalue weighted by Crippen LogP contribution is 2.51. The van der Waals surface area contributed by atoms with Gasteiger partial charge in [0.25, 0.3) is 0 Å². The molecule has 26 heavy (non-hydrogen) atoms. The van der Waals surface area contributed by atoms with E-state index in [1.165, 1.54) is 0 Å². The number of guanidine groups is 1. The van der Waals surface area contributed by atoms with Crippen LogP contribution in [-0.2, 0) is 9.53 Å². The van der Waals surface area contributed by atoms with E-state index in [0.29, 0.717) is 18.1 Å². The van der Waals surface area contributed by atoms with Crippen molar-refractivity contribution in [2.24, 2.45) is 16.3 Å². The summed E-state index contributed by atoms with van der Waals surface area (Å²) in [6, 6.07) is 1.08. The van der Waals surface area contributed by atoms with Gasteiger partial charge in [0.05, 0.1) is 5.60 Å². The third-order valence-corrected chi connectivity index (χ3v) is 7.12. The quantitative estimate of drug-likeness (QED) is 0.516. The molecule has 3 N–H and O–H groups in total. The second-order valence-electron chi connectivity index (χ2n) is 9.12. The van der Waals surface area contributed by atoms with Gasteiger partial charge in [0.2, 0.25) is 5.91 Å². The van der Waals surface area contributed by atoms with Gasteiger partial charge >= 0.3 is 0 Å². The van der Waals surface area contributed by atoms with Crippen LogP contribution < -0.4 is 16.0 Å². The number of nitrogens with zero attached hydrogens (tertiary/aromatic N) is 1. The van der Waals surface area contributed by atoms with Crippen LogP contribution in [0.25, 0.3) is 0 Å². The van der Waals surface area contributed by atoms with Crippen molar-refractivity contribution in [2.45, 2.75) is 89.4 Å². The van der Waals surface area contributed by atoms with E-state index in [9.17, 15) is 4.79 Å².